The van der Waals surface area contributed by atoms with Gasteiger partial charge in [-0.15, -0.1) is 0 Å². The minimum Gasteiger partial charge on any atom is -0.464 e. The molecule has 0 amide bonds. The van der Waals surface area contributed by atoms with E-state index in [0.29, 0.717) is 0 Å². The highest BCUT2D eigenvalue weighted by Crippen LogP contribution is 2.21. The van der Waals surface area contributed by atoms with Crippen molar-refractivity contribution in [2.45, 2.75) is 0 Å². The molecule has 62 valence electrons. The Morgan fingerprint density at radius 1 is 1.17 bits per heavy atom. The van der Waals surface area contributed by atoms with Gasteiger partial charge in [0, 0.05) is 25.2 Å². The third-order valence-corrected chi connectivity index (χ3v) is 1.95. The van der Waals surface area contributed by atoms with Gasteiger partial charge in [0.05, 0.1) is 6.26 Å². The molecule has 0 aliphatic rings. The van der Waals surface area contributed by atoms with Crippen LogP contribution in [0.5, 0.6) is 0 Å². The van der Waals surface area contributed by atoms with Crippen molar-refractivity contribution >= 4 is 16.7 Å². The zero-order valence-corrected chi connectivity index (χ0v) is 7.24. The predicted molar refractivity (Wildman–Crippen MR) is 50.5 cm³/mol. The molecule has 0 unspecified atom stereocenters. The molecule has 2 nitrogen and oxygen atoms in total. The molecule has 2 heteroatoms. The number of rotatable bonds is 1. The molecule has 2 aromatic rings. The minimum atomic E-state index is 0.945. The Hall–Kier alpha value is -1.44. The number of benzene rings is 1. The summed E-state index contributed by atoms with van der Waals surface area (Å²) in [5.74, 6) is 0. The van der Waals surface area contributed by atoms with Crippen LogP contribution in [-0.2, 0) is 0 Å². The highest BCUT2D eigenvalue weighted by atomic mass is 16.3. The SMILES string of the molecule is CN(C)c1ccc2occc2c1. The van der Waals surface area contributed by atoms with Crippen molar-refractivity contribution in [2.75, 3.05) is 19.0 Å². The zero-order valence-electron chi connectivity index (χ0n) is 7.24. The van der Waals surface area contributed by atoms with Crippen LogP contribution < -0.4 is 4.90 Å². The third-order valence-electron chi connectivity index (χ3n) is 1.95. The maximum atomic E-state index is 5.23. The van der Waals surface area contributed by atoms with Gasteiger partial charge in [-0.3, -0.25) is 0 Å². The Labute approximate surface area is 71.4 Å². The van der Waals surface area contributed by atoms with E-state index in [1.807, 2.05) is 32.3 Å². The van der Waals surface area contributed by atoms with Crippen LogP contribution in [-0.4, -0.2) is 14.1 Å². The Kier molecular flexibility index (Phi) is 1.54. The van der Waals surface area contributed by atoms with E-state index in [1.54, 1.807) is 6.26 Å². The first-order valence-corrected chi connectivity index (χ1v) is 3.92. The molecule has 0 saturated heterocycles. The van der Waals surface area contributed by atoms with Crippen LogP contribution in [0, 0.1) is 0 Å². The summed E-state index contributed by atoms with van der Waals surface area (Å²) < 4.78 is 5.23. The van der Waals surface area contributed by atoms with Gasteiger partial charge in [0.15, 0.2) is 0 Å². The molecule has 0 spiro atoms. The molecule has 0 aliphatic heterocycles. The predicted octanol–water partition coefficient (Wildman–Crippen LogP) is 2.50. The Morgan fingerprint density at radius 3 is 2.75 bits per heavy atom. The molecule has 1 heterocycles. The van der Waals surface area contributed by atoms with Crippen molar-refractivity contribution in [3.63, 3.8) is 0 Å². The fourth-order valence-corrected chi connectivity index (χ4v) is 1.23. The number of nitrogens with zero attached hydrogens (tertiary/aromatic N) is 1. The van der Waals surface area contributed by atoms with E-state index in [4.69, 9.17) is 4.42 Å². The molecule has 1 aromatic heterocycles. The Balaban J connectivity index is 2.60. The average molecular weight is 161 g/mol. The van der Waals surface area contributed by atoms with Crippen LogP contribution in [0.3, 0.4) is 0 Å². The van der Waals surface area contributed by atoms with Crippen LogP contribution >= 0.6 is 0 Å². The van der Waals surface area contributed by atoms with Gasteiger partial charge in [-0.25, -0.2) is 0 Å². The zero-order chi connectivity index (χ0) is 8.55. The van der Waals surface area contributed by atoms with Crippen LogP contribution in [0.2, 0.25) is 0 Å². The molecule has 0 bridgehead atoms. The van der Waals surface area contributed by atoms with E-state index < -0.39 is 0 Å². The highest BCUT2D eigenvalue weighted by molar-refractivity contribution is 5.81. The van der Waals surface area contributed by atoms with Crippen LogP contribution in [0.15, 0.2) is 34.9 Å². The number of hydrogen-bond donors (Lipinski definition) is 0. The van der Waals surface area contributed by atoms with Crippen molar-refractivity contribution in [1.29, 1.82) is 0 Å². The molecule has 0 aliphatic carbocycles. The summed E-state index contributed by atoms with van der Waals surface area (Å²) in [6.45, 7) is 0. The van der Waals surface area contributed by atoms with E-state index in [0.717, 1.165) is 11.0 Å². The molecular weight excluding hydrogens is 150 g/mol. The largest absolute Gasteiger partial charge is 0.464 e. The second kappa shape index (κ2) is 2.55. The topological polar surface area (TPSA) is 16.4 Å². The smallest absolute Gasteiger partial charge is 0.133 e. The van der Waals surface area contributed by atoms with Crippen LogP contribution in [0.25, 0.3) is 11.0 Å². The van der Waals surface area contributed by atoms with Crippen molar-refractivity contribution in [2.24, 2.45) is 0 Å². The lowest BCUT2D eigenvalue weighted by atomic mass is 10.2. The average Bonchev–Trinajstić information content (AvgIpc) is 2.49. The van der Waals surface area contributed by atoms with Gasteiger partial charge in [0.2, 0.25) is 0 Å². The van der Waals surface area contributed by atoms with Gasteiger partial charge < -0.3 is 9.32 Å². The van der Waals surface area contributed by atoms with Gasteiger partial charge in [-0.1, -0.05) is 0 Å². The van der Waals surface area contributed by atoms with Crippen LogP contribution in [0.1, 0.15) is 0 Å². The van der Waals surface area contributed by atoms with Gasteiger partial charge in [-0.2, -0.15) is 0 Å². The molecule has 0 N–H and O–H groups in total. The van der Waals surface area contributed by atoms with E-state index in [1.165, 1.54) is 5.69 Å². The first-order chi connectivity index (χ1) is 5.77. The van der Waals surface area contributed by atoms with Crippen molar-refractivity contribution in [1.82, 2.24) is 0 Å². The standard InChI is InChI=1S/C10H11NO/c1-11(2)9-3-4-10-8(7-9)5-6-12-10/h3-7H,1-2H3. The lowest BCUT2D eigenvalue weighted by Crippen LogP contribution is -2.07. The maximum absolute atomic E-state index is 5.23. The molecular formula is C10H11NO. The Bertz CT molecular complexity index is 389. The second-order valence-corrected chi connectivity index (χ2v) is 3.04. The molecule has 0 fully saturated rings. The molecule has 12 heavy (non-hydrogen) atoms. The van der Waals surface area contributed by atoms with E-state index >= 15 is 0 Å². The number of anilines is 1. The van der Waals surface area contributed by atoms with Crippen molar-refractivity contribution in [3.05, 3.63) is 30.5 Å². The summed E-state index contributed by atoms with van der Waals surface area (Å²) in [5, 5.41) is 1.15. The normalized spacial score (nSPS) is 10.5. The summed E-state index contributed by atoms with van der Waals surface area (Å²) in [6.07, 6.45) is 1.71. The minimum absolute atomic E-state index is 0.945. The van der Waals surface area contributed by atoms with Gasteiger partial charge in [0.25, 0.3) is 0 Å². The lowest BCUT2D eigenvalue weighted by molar-refractivity contribution is 0.616. The fourth-order valence-electron chi connectivity index (χ4n) is 1.23. The van der Waals surface area contributed by atoms with Crippen molar-refractivity contribution < 1.29 is 4.42 Å². The molecule has 2 rings (SSSR count). The van der Waals surface area contributed by atoms with E-state index in [2.05, 4.69) is 11.0 Å². The van der Waals surface area contributed by atoms with E-state index in [9.17, 15) is 0 Å². The third kappa shape index (κ3) is 1.05. The summed E-state index contributed by atoms with van der Waals surface area (Å²) in [7, 11) is 4.06. The van der Waals surface area contributed by atoms with Crippen LogP contribution in [0.4, 0.5) is 5.69 Å². The van der Waals surface area contributed by atoms with Gasteiger partial charge in [0.1, 0.15) is 5.58 Å². The number of fused-ring (bicyclic) bond motifs is 1. The maximum Gasteiger partial charge on any atom is 0.133 e. The lowest BCUT2D eigenvalue weighted by Gasteiger charge is -2.11. The second-order valence-electron chi connectivity index (χ2n) is 3.04. The Morgan fingerprint density at radius 2 is 2.00 bits per heavy atom. The summed E-state index contributed by atoms with van der Waals surface area (Å²) >= 11 is 0. The first-order valence-electron chi connectivity index (χ1n) is 3.92. The summed E-state index contributed by atoms with van der Waals surface area (Å²) in [5.41, 5.74) is 2.14. The van der Waals surface area contributed by atoms with Gasteiger partial charge in [-0.05, 0) is 24.3 Å². The molecule has 1 aromatic carbocycles. The fraction of sp³-hybridized carbons (Fsp3) is 0.200. The molecule has 0 saturated carbocycles. The summed E-state index contributed by atoms with van der Waals surface area (Å²) in [4.78, 5) is 2.08. The number of furan rings is 1. The van der Waals surface area contributed by atoms with Crippen molar-refractivity contribution in [3.8, 4) is 0 Å². The highest BCUT2D eigenvalue weighted by Gasteiger charge is 1.98. The summed E-state index contributed by atoms with van der Waals surface area (Å²) in [6, 6.07) is 8.12. The molecule has 0 atom stereocenters. The molecule has 0 radical (unpaired) electrons. The first kappa shape index (κ1) is 7.22. The quantitative estimate of drug-likeness (QED) is 0.639. The monoisotopic (exact) mass is 161 g/mol. The number of hydrogen-bond acceptors (Lipinski definition) is 2. The van der Waals surface area contributed by atoms with Gasteiger partial charge >= 0.3 is 0 Å². The van der Waals surface area contributed by atoms with E-state index in [-0.39, 0.29) is 0 Å².